The number of aromatic nitrogens is 2. The maximum atomic E-state index is 5.41. The van der Waals surface area contributed by atoms with Crippen molar-refractivity contribution in [2.45, 2.75) is 26.2 Å². The van der Waals surface area contributed by atoms with Gasteiger partial charge < -0.3 is 20.1 Å². The molecule has 1 fully saturated rings. The van der Waals surface area contributed by atoms with E-state index in [1.165, 1.54) is 32.4 Å². The third-order valence-corrected chi connectivity index (χ3v) is 3.29. The molecule has 2 aromatic rings. The zero-order valence-corrected chi connectivity index (χ0v) is 14.7. The van der Waals surface area contributed by atoms with Gasteiger partial charge in [-0.25, -0.2) is 0 Å². The third-order valence-electron chi connectivity index (χ3n) is 3.29. The number of hydrogen-bond donors (Lipinski definition) is 3. The topological polar surface area (TPSA) is 71.2 Å². The lowest BCUT2D eigenvalue weighted by molar-refractivity contribution is 0.277. The Balaban J connectivity index is 0.000000244. The summed E-state index contributed by atoms with van der Waals surface area (Å²) in [5.41, 5.74) is 1.01. The minimum absolute atomic E-state index is 0.679. The van der Waals surface area contributed by atoms with Crippen LogP contribution < -0.4 is 15.4 Å². The Morgan fingerprint density at radius 1 is 1.17 bits per heavy atom. The highest BCUT2D eigenvalue weighted by Crippen LogP contribution is 2.24. The van der Waals surface area contributed by atoms with Gasteiger partial charge in [-0.1, -0.05) is 6.42 Å². The van der Waals surface area contributed by atoms with Gasteiger partial charge in [0.05, 0.1) is 12.1 Å². The van der Waals surface area contributed by atoms with Gasteiger partial charge in [-0.15, -0.1) is 0 Å². The van der Waals surface area contributed by atoms with E-state index in [9.17, 15) is 0 Å². The van der Waals surface area contributed by atoms with Crippen LogP contribution in [0.3, 0.4) is 0 Å². The van der Waals surface area contributed by atoms with Crippen LogP contribution in [0.15, 0.2) is 18.2 Å². The second kappa shape index (κ2) is 11.7. The lowest BCUT2D eigenvalue weighted by Gasteiger charge is -2.08. The molecular weight excluding hydrogens is 292 g/mol. The van der Waals surface area contributed by atoms with E-state index < -0.39 is 0 Å². The van der Waals surface area contributed by atoms with Crippen molar-refractivity contribution in [2.75, 3.05) is 46.3 Å². The number of benzene rings is 1. The molecule has 1 aliphatic rings. The highest BCUT2D eigenvalue weighted by Gasteiger charge is 2.04. The molecular formula is C17H30N4O2. The first kappa shape index (κ1) is 19.3. The van der Waals surface area contributed by atoms with E-state index in [1.807, 2.05) is 32.2 Å². The maximum absolute atomic E-state index is 5.41. The molecule has 0 bridgehead atoms. The predicted molar refractivity (Wildman–Crippen MR) is 96.5 cm³/mol. The number of fused-ring (bicyclic) bond motifs is 1. The minimum atomic E-state index is 0.679. The van der Waals surface area contributed by atoms with Crippen molar-refractivity contribution in [2.24, 2.45) is 0 Å². The second-order valence-electron chi connectivity index (χ2n) is 5.18. The van der Waals surface area contributed by atoms with Crippen molar-refractivity contribution in [3.63, 3.8) is 0 Å². The van der Waals surface area contributed by atoms with E-state index in [4.69, 9.17) is 4.74 Å². The van der Waals surface area contributed by atoms with Crippen LogP contribution in [-0.2, 0) is 4.74 Å². The number of aromatic amines is 1. The maximum Gasteiger partial charge on any atom is 0.155 e. The Morgan fingerprint density at radius 3 is 2.35 bits per heavy atom. The van der Waals surface area contributed by atoms with Gasteiger partial charge in [-0.2, -0.15) is 5.10 Å². The summed E-state index contributed by atoms with van der Waals surface area (Å²) in [4.78, 5) is 0. The van der Waals surface area contributed by atoms with Crippen molar-refractivity contribution in [1.29, 1.82) is 0 Å². The van der Waals surface area contributed by atoms with Crippen LogP contribution in [0, 0.1) is 0 Å². The summed E-state index contributed by atoms with van der Waals surface area (Å²) < 4.78 is 9.66. The van der Waals surface area contributed by atoms with Gasteiger partial charge in [0.2, 0.25) is 0 Å². The number of H-pyrrole nitrogens is 1. The van der Waals surface area contributed by atoms with Gasteiger partial charge in [0.25, 0.3) is 0 Å². The molecule has 1 aliphatic heterocycles. The molecule has 3 N–H and O–H groups in total. The van der Waals surface area contributed by atoms with E-state index in [0.717, 1.165) is 22.5 Å². The number of ether oxygens (including phenoxy) is 2. The second-order valence-corrected chi connectivity index (χ2v) is 5.18. The van der Waals surface area contributed by atoms with E-state index >= 15 is 0 Å². The molecule has 0 radical (unpaired) electrons. The zero-order valence-electron chi connectivity index (χ0n) is 14.7. The number of methoxy groups -OCH3 is 1. The average molecular weight is 322 g/mol. The molecule has 1 aromatic carbocycles. The molecule has 0 amide bonds. The first-order valence-electron chi connectivity index (χ1n) is 8.16. The van der Waals surface area contributed by atoms with Crippen LogP contribution in [0.4, 0.5) is 5.82 Å². The fourth-order valence-corrected chi connectivity index (χ4v) is 2.24. The van der Waals surface area contributed by atoms with Crippen LogP contribution in [0.25, 0.3) is 10.9 Å². The summed E-state index contributed by atoms with van der Waals surface area (Å²) in [5, 5.41) is 14.4. The van der Waals surface area contributed by atoms with Crippen molar-refractivity contribution in [1.82, 2.24) is 15.5 Å². The van der Waals surface area contributed by atoms with E-state index in [2.05, 4.69) is 25.6 Å². The summed E-state index contributed by atoms with van der Waals surface area (Å²) in [7, 11) is 5.10. The minimum Gasteiger partial charge on any atom is -0.494 e. The molecule has 0 spiro atoms. The number of rotatable bonds is 3. The number of anilines is 1. The summed E-state index contributed by atoms with van der Waals surface area (Å²) in [6.45, 7) is 5.15. The number of nitrogens with one attached hydrogen (secondary N) is 3. The SMILES string of the molecule is C1CCNCC1.CCOc1ccc2[nH]nc(NC)c2c1.COC. The molecule has 23 heavy (non-hydrogen) atoms. The largest absolute Gasteiger partial charge is 0.494 e. The highest BCUT2D eigenvalue weighted by atomic mass is 16.5. The monoisotopic (exact) mass is 322 g/mol. The molecule has 6 heteroatoms. The van der Waals surface area contributed by atoms with Crippen molar-refractivity contribution in [3.8, 4) is 5.75 Å². The molecule has 130 valence electrons. The molecule has 1 aromatic heterocycles. The Bertz CT molecular complexity index is 527. The fourth-order valence-electron chi connectivity index (χ4n) is 2.24. The Hall–Kier alpha value is -1.79. The van der Waals surface area contributed by atoms with Gasteiger partial charge >= 0.3 is 0 Å². The zero-order chi connectivity index (χ0) is 16.9. The molecule has 0 aliphatic carbocycles. The van der Waals surface area contributed by atoms with E-state index in [0.29, 0.717) is 6.61 Å². The molecule has 6 nitrogen and oxygen atoms in total. The first-order valence-corrected chi connectivity index (χ1v) is 8.16. The van der Waals surface area contributed by atoms with Crippen LogP contribution in [0.5, 0.6) is 5.75 Å². The highest BCUT2D eigenvalue weighted by molar-refractivity contribution is 5.90. The van der Waals surface area contributed by atoms with E-state index in [-0.39, 0.29) is 0 Å². The molecule has 0 unspecified atom stereocenters. The quantitative estimate of drug-likeness (QED) is 0.810. The van der Waals surface area contributed by atoms with Crippen molar-refractivity contribution < 1.29 is 9.47 Å². The van der Waals surface area contributed by atoms with Gasteiger partial charge in [0.15, 0.2) is 5.82 Å². The van der Waals surface area contributed by atoms with E-state index in [1.54, 1.807) is 14.2 Å². The van der Waals surface area contributed by atoms with Gasteiger partial charge in [0, 0.05) is 26.7 Å². The smallest absolute Gasteiger partial charge is 0.155 e. The van der Waals surface area contributed by atoms with Gasteiger partial charge in [-0.05, 0) is 51.1 Å². The first-order chi connectivity index (χ1) is 11.3. The standard InChI is InChI=1S/C10H13N3O.C5H11N.C2H6O/c1-3-14-7-4-5-9-8(6-7)10(11-2)13-12-9;1-2-4-6-5-3-1;1-3-2/h4-6H,3H2,1-2H3,(H2,11,12,13);6H,1-5H2;1-2H3. The van der Waals surface area contributed by atoms with Crippen LogP contribution in [0.2, 0.25) is 0 Å². The van der Waals surface area contributed by atoms with Crippen LogP contribution in [-0.4, -0.2) is 51.2 Å². The Kier molecular flexibility index (Phi) is 9.83. The van der Waals surface area contributed by atoms with Gasteiger partial charge in [0.1, 0.15) is 5.75 Å². The summed E-state index contributed by atoms with van der Waals surface area (Å²) in [5.74, 6) is 1.72. The Morgan fingerprint density at radius 2 is 1.87 bits per heavy atom. The van der Waals surface area contributed by atoms with Crippen LogP contribution >= 0.6 is 0 Å². The molecule has 0 atom stereocenters. The van der Waals surface area contributed by atoms with Gasteiger partial charge in [-0.3, -0.25) is 5.10 Å². The number of nitrogens with zero attached hydrogens (tertiary/aromatic N) is 1. The summed E-state index contributed by atoms with van der Waals surface area (Å²) in [6, 6.07) is 5.88. The van der Waals surface area contributed by atoms with Crippen molar-refractivity contribution >= 4 is 16.7 Å². The normalized spacial score (nSPS) is 13.4. The molecule has 2 heterocycles. The molecule has 3 rings (SSSR count). The number of piperidine rings is 1. The van der Waals surface area contributed by atoms with Crippen LogP contribution in [0.1, 0.15) is 26.2 Å². The summed E-state index contributed by atoms with van der Waals surface area (Å²) in [6.07, 6.45) is 4.22. The third kappa shape index (κ3) is 6.88. The average Bonchev–Trinajstić information content (AvgIpc) is 3.00. The molecule has 0 saturated carbocycles. The Labute approximate surface area is 138 Å². The summed E-state index contributed by atoms with van der Waals surface area (Å²) >= 11 is 0. The van der Waals surface area contributed by atoms with Crippen molar-refractivity contribution in [3.05, 3.63) is 18.2 Å². The fraction of sp³-hybridized carbons (Fsp3) is 0.588. The lowest BCUT2D eigenvalue weighted by Crippen LogP contribution is -2.21. The molecule has 1 saturated heterocycles. The number of hydrogen-bond acceptors (Lipinski definition) is 5. The lowest BCUT2D eigenvalue weighted by atomic mass is 10.2. The predicted octanol–water partition coefficient (Wildman–Crippen LogP) is 3.03.